The summed E-state index contributed by atoms with van der Waals surface area (Å²) in [6.45, 7) is 8.00. The number of aromatic nitrogens is 3. The first kappa shape index (κ1) is 23.5. The van der Waals surface area contributed by atoms with Crippen molar-refractivity contribution in [3.63, 3.8) is 0 Å². The number of carbonyl (C=O) groups excluding carboxylic acids is 1. The van der Waals surface area contributed by atoms with Gasteiger partial charge in [0, 0.05) is 28.8 Å². The van der Waals surface area contributed by atoms with Crippen LogP contribution >= 0.6 is 23.4 Å². The lowest BCUT2D eigenvalue weighted by molar-refractivity contribution is -0.118. The zero-order valence-electron chi connectivity index (χ0n) is 19.2. The molecule has 172 valence electrons. The Kier molecular flexibility index (Phi) is 7.20. The number of aryl methyl sites for hydroxylation is 1. The molecule has 1 atom stereocenters. The van der Waals surface area contributed by atoms with E-state index in [9.17, 15) is 4.79 Å². The molecule has 1 aromatic heterocycles. The Bertz CT molecular complexity index is 1150. The molecule has 0 unspecified atom stereocenters. The summed E-state index contributed by atoms with van der Waals surface area (Å²) in [6.07, 6.45) is 1.20. The average Bonchev–Trinajstić information content (AvgIpc) is 2.93. The first-order valence-corrected chi connectivity index (χ1v) is 12.5. The van der Waals surface area contributed by atoms with Gasteiger partial charge in [0.1, 0.15) is 0 Å². The minimum absolute atomic E-state index is 0.146. The van der Waals surface area contributed by atoms with Crippen molar-refractivity contribution in [2.45, 2.75) is 51.9 Å². The van der Waals surface area contributed by atoms with Gasteiger partial charge in [0.25, 0.3) is 0 Å². The van der Waals surface area contributed by atoms with Crippen molar-refractivity contribution in [2.24, 2.45) is 5.92 Å². The quantitative estimate of drug-likeness (QED) is 0.382. The Morgan fingerprint density at radius 2 is 1.94 bits per heavy atom. The molecule has 6 nitrogen and oxygen atoms in total. The Hall–Kier alpha value is -2.64. The molecule has 0 bridgehead atoms. The number of anilines is 1. The molecular formula is C25H27ClN4O2S. The van der Waals surface area contributed by atoms with Crippen molar-refractivity contribution < 1.29 is 9.53 Å². The molecule has 0 N–H and O–H groups in total. The fourth-order valence-electron chi connectivity index (χ4n) is 3.66. The Morgan fingerprint density at radius 1 is 1.18 bits per heavy atom. The number of hydrogen-bond donors (Lipinski definition) is 0. The molecule has 2 heterocycles. The topological polar surface area (TPSA) is 68.2 Å². The van der Waals surface area contributed by atoms with Crippen LogP contribution in [0.5, 0.6) is 5.88 Å². The predicted octanol–water partition coefficient (Wildman–Crippen LogP) is 6.34. The molecule has 0 radical (unpaired) electrons. The molecular weight excluding hydrogens is 456 g/mol. The van der Waals surface area contributed by atoms with Gasteiger partial charge in [-0.25, -0.2) is 0 Å². The minimum atomic E-state index is -0.711. The fraction of sp³-hybridized carbons (Fsp3) is 0.360. The number of carbonyl (C=O) groups is 1. The molecule has 1 aliphatic heterocycles. The van der Waals surface area contributed by atoms with Crippen LogP contribution < -0.4 is 9.64 Å². The van der Waals surface area contributed by atoms with E-state index in [-0.39, 0.29) is 5.91 Å². The highest BCUT2D eigenvalue weighted by Crippen LogP contribution is 2.44. The van der Waals surface area contributed by atoms with E-state index in [4.69, 9.17) is 21.3 Å². The van der Waals surface area contributed by atoms with Crippen LogP contribution in [0.1, 0.15) is 51.5 Å². The maximum atomic E-state index is 12.9. The highest BCUT2D eigenvalue weighted by Gasteiger charge is 2.34. The smallest absolute Gasteiger partial charge is 0.247 e. The molecule has 3 aromatic rings. The van der Waals surface area contributed by atoms with Crippen LogP contribution in [-0.2, 0) is 11.2 Å². The molecule has 1 aliphatic rings. The maximum Gasteiger partial charge on any atom is 0.247 e. The first-order chi connectivity index (χ1) is 15.9. The van der Waals surface area contributed by atoms with Crippen LogP contribution in [0.25, 0.3) is 11.3 Å². The molecule has 0 fully saturated rings. The maximum absolute atomic E-state index is 12.9. The molecule has 0 saturated heterocycles. The third kappa shape index (κ3) is 5.14. The number of fused-ring (bicyclic) bond motifs is 3. The summed E-state index contributed by atoms with van der Waals surface area (Å²) in [4.78, 5) is 19.3. The monoisotopic (exact) mass is 482 g/mol. The van der Waals surface area contributed by atoms with Gasteiger partial charge in [-0.3, -0.25) is 9.69 Å². The second-order valence-electron chi connectivity index (χ2n) is 8.39. The standard InChI is InChI=1S/C25H27ClN4O2S/c1-5-17-6-11-21-20(14-17)22-23(27-25(29-28-22)33-13-12-15(2)3)32-24(30(21)16(4)31)18-7-9-19(26)10-8-18/h6-11,14-15,24H,5,12-13H2,1-4H3/t24-/m1/s1. The number of thioether (sulfide) groups is 1. The summed E-state index contributed by atoms with van der Waals surface area (Å²) in [5.74, 6) is 1.72. The molecule has 33 heavy (non-hydrogen) atoms. The average molecular weight is 483 g/mol. The molecule has 1 amide bonds. The number of ether oxygens (including phenoxy) is 1. The zero-order chi connectivity index (χ0) is 23.5. The lowest BCUT2D eigenvalue weighted by atomic mass is 10.0. The van der Waals surface area contributed by atoms with E-state index in [0.29, 0.717) is 27.7 Å². The van der Waals surface area contributed by atoms with Crippen LogP contribution in [0.15, 0.2) is 47.6 Å². The SMILES string of the molecule is CCc1ccc2c(c1)-c1nnc(SCCC(C)C)nc1O[C@H](c1ccc(Cl)cc1)N2C(C)=O. The van der Waals surface area contributed by atoms with Crippen LogP contribution in [0, 0.1) is 5.92 Å². The number of nitrogens with zero attached hydrogens (tertiary/aromatic N) is 4. The number of hydrogen-bond acceptors (Lipinski definition) is 6. The summed E-state index contributed by atoms with van der Waals surface area (Å²) >= 11 is 7.67. The van der Waals surface area contributed by atoms with Gasteiger partial charge in [0.15, 0.2) is 5.69 Å². The summed E-state index contributed by atoms with van der Waals surface area (Å²) in [6, 6.07) is 13.3. The van der Waals surface area contributed by atoms with Gasteiger partial charge in [0.2, 0.25) is 23.2 Å². The molecule has 4 rings (SSSR count). The Labute approximate surface area is 203 Å². The van der Waals surface area contributed by atoms with E-state index in [1.807, 2.05) is 30.3 Å². The third-order valence-corrected chi connectivity index (χ3v) is 6.62. The molecule has 0 aliphatic carbocycles. The van der Waals surface area contributed by atoms with Crippen molar-refractivity contribution in [3.05, 3.63) is 58.6 Å². The lowest BCUT2D eigenvalue weighted by Gasteiger charge is -2.30. The third-order valence-electron chi connectivity index (χ3n) is 5.50. The van der Waals surface area contributed by atoms with Crippen molar-refractivity contribution in [3.8, 4) is 17.1 Å². The normalized spacial score (nSPS) is 15.0. The zero-order valence-corrected chi connectivity index (χ0v) is 20.8. The summed E-state index contributed by atoms with van der Waals surface area (Å²) in [5, 5.41) is 10.1. The van der Waals surface area contributed by atoms with E-state index in [0.717, 1.165) is 41.0 Å². The van der Waals surface area contributed by atoms with E-state index in [1.165, 1.54) is 6.92 Å². The second kappa shape index (κ2) is 10.1. The predicted molar refractivity (Wildman–Crippen MR) is 133 cm³/mol. The van der Waals surface area contributed by atoms with Crippen molar-refractivity contribution in [1.29, 1.82) is 0 Å². The Morgan fingerprint density at radius 3 is 2.61 bits per heavy atom. The van der Waals surface area contributed by atoms with Gasteiger partial charge in [-0.05, 0) is 48.6 Å². The van der Waals surface area contributed by atoms with Crippen LogP contribution in [-0.4, -0.2) is 26.8 Å². The van der Waals surface area contributed by atoms with Gasteiger partial charge in [-0.1, -0.05) is 62.3 Å². The summed E-state index contributed by atoms with van der Waals surface area (Å²) < 4.78 is 6.42. The van der Waals surface area contributed by atoms with Crippen molar-refractivity contribution in [1.82, 2.24) is 15.2 Å². The number of halogens is 1. The highest BCUT2D eigenvalue weighted by molar-refractivity contribution is 7.99. The van der Waals surface area contributed by atoms with Gasteiger partial charge < -0.3 is 4.74 Å². The van der Waals surface area contributed by atoms with Gasteiger partial charge in [-0.15, -0.1) is 10.2 Å². The molecule has 2 aromatic carbocycles. The Balaban J connectivity index is 1.85. The lowest BCUT2D eigenvalue weighted by Crippen LogP contribution is -2.36. The van der Waals surface area contributed by atoms with E-state index in [2.05, 4.69) is 31.0 Å². The van der Waals surface area contributed by atoms with Gasteiger partial charge >= 0.3 is 0 Å². The highest BCUT2D eigenvalue weighted by atomic mass is 35.5. The van der Waals surface area contributed by atoms with Crippen LogP contribution in [0.3, 0.4) is 0 Å². The summed E-state index contributed by atoms with van der Waals surface area (Å²) in [7, 11) is 0. The summed E-state index contributed by atoms with van der Waals surface area (Å²) in [5.41, 5.74) is 3.96. The second-order valence-corrected chi connectivity index (χ2v) is 9.89. The number of rotatable bonds is 6. The first-order valence-electron chi connectivity index (χ1n) is 11.1. The minimum Gasteiger partial charge on any atom is -0.447 e. The fourth-order valence-corrected chi connectivity index (χ4v) is 4.81. The van der Waals surface area contributed by atoms with Crippen molar-refractivity contribution in [2.75, 3.05) is 10.7 Å². The van der Waals surface area contributed by atoms with E-state index < -0.39 is 6.23 Å². The van der Waals surface area contributed by atoms with Crippen LogP contribution in [0.4, 0.5) is 5.69 Å². The largest absolute Gasteiger partial charge is 0.447 e. The molecule has 0 spiro atoms. The molecule has 0 saturated carbocycles. The number of benzene rings is 2. The number of amides is 1. The van der Waals surface area contributed by atoms with E-state index >= 15 is 0 Å². The molecule has 8 heteroatoms. The van der Waals surface area contributed by atoms with Crippen LogP contribution in [0.2, 0.25) is 5.02 Å². The van der Waals surface area contributed by atoms with Crippen molar-refractivity contribution >= 4 is 35.0 Å². The van der Waals surface area contributed by atoms with Gasteiger partial charge in [-0.2, -0.15) is 4.98 Å². The van der Waals surface area contributed by atoms with Gasteiger partial charge in [0.05, 0.1) is 5.69 Å². The van der Waals surface area contributed by atoms with E-state index in [1.54, 1.807) is 28.8 Å².